The number of carbonyl (C=O) groups excluding carboxylic acids is 1. The number of imidazole rings is 2. The van der Waals surface area contributed by atoms with E-state index in [4.69, 9.17) is 4.74 Å². The van der Waals surface area contributed by atoms with E-state index in [1.807, 2.05) is 24.4 Å². The molecule has 0 saturated heterocycles. The zero-order valence-electron chi connectivity index (χ0n) is 11.3. The fourth-order valence-corrected chi connectivity index (χ4v) is 2.09. The second kappa shape index (κ2) is 4.80. The van der Waals surface area contributed by atoms with E-state index in [0.717, 1.165) is 11.4 Å². The molecule has 6 heteroatoms. The summed E-state index contributed by atoms with van der Waals surface area (Å²) < 4.78 is 8.52. The van der Waals surface area contributed by atoms with E-state index in [9.17, 15) is 4.79 Å². The van der Waals surface area contributed by atoms with Crippen LogP contribution >= 0.6 is 0 Å². The van der Waals surface area contributed by atoms with Gasteiger partial charge >= 0.3 is 5.97 Å². The van der Waals surface area contributed by atoms with Gasteiger partial charge in [-0.15, -0.1) is 0 Å². The van der Waals surface area contributed by atoms with Crippen molar-refractivity contribution in [3.8, 4) is 11.4 Å². The Morgan fingerprint density at radius 1 is 1.30 bits per heavy atom. The van der Waals surface area contributed by atoms with E-state index >= 15 is 0 Å². The number of pyridine rings is 1. The molecule has 3 aromatic heterocycles. The number of rotatable bonds is 3. The summed E-state index contributed by atoms with van der Waals surface area (Å²) in [7, 11) is 1.79. The Balaban J connectivity index is 2.04. The standard InChI is InChI=1S/C14H14N4O2/c1-3-20-13(19)12-9-18-8-11(16-14(18)17(12)2)10-6-4-5-7-15-10/h4-9H,3H2,1-2H3. The van der Waals surface area contributed by atoms with E-state index < -0.39 is 0 Å². The van der Waals surface area contributed by atoms with Crippen LogP contribution in [0.5, 0.6) is 0 Å². The highest BCUT2D eigenvalue weighted by Gasteiger charge is 2.17. The predicted molar refractivity (Wildman–Crippen MR) is 73.4 cm³/mol. The van der Waals surface area contributed by atoms with Crippen molar-refractivity contribution < 1.29 is 9.53 Å². The quantitative estimate of drug-likeness (QED) is 0.682. The highest BCUT2D eigenvalue weighted by atomic mass is 16.5. The lowest BCUT2D eigenvalue weighted by Crippen LogP contribution is -2.09. The van der Waals surface area contributed by atoms with Crippen molar-refractivity contribution in [3.05, 3.63) is 42.5 Å². The van der Waals surface area contributed by atoms with Gasteiger partial charge in [0.2, 0.25) is 5.78 Å². The number of ether oxygens (including phenoxy) is 1. The van der Waals surface area contributed by atoms with E-state index in [-0.39, 0.29) is 5.97 Å². The SMILES string of the molecule is CCOC(=O)c1cn2cc(-c3ccccn3)nc2n1C. The highest BCUT2D eigenvalue weighted by molar-refractivity contribution is 5.88. The molecule has 0 spiro atoms. The molecule has 0 fully saturated rings. The van der Waals surface area contributed by atoms with Crippen molar-refractivity contribution in [2.75, 3.05) is 6.61 Å². The molecule has 0 bridgehead atoms. The number of hydrogen-bond donors (Lipinski definition) is 0. The monoisotopic (exact) mass is 270 g/mol. The van der Waals surface area contributed by atoms with Crippen LogP contribution in [0.15, 0.2) is 36.8 Å². The summed E-state index contributed by atoms with van der Waals surface area (Å²) in [5, 5.41) is 0. The first-order valence-electron chi connectivity index (χ1n) is 6.33. The third kappa shape index (κ3) is 1.95. The van der Waals surface area contributed by atoms with Gasteiger partial charge in [0.25, 0.3) is 0 Å². The maximum atomic E-state index is 11.8. The van der Waals surface area contributed by atoms with E-state index in [0.29, 0.717) is 18.1 Å². The summed E-state index contributed by atoms with van der Waals surface area (Å²) in [4.78, 5) is 20.6. The van der Waals surface area contributed by atoms with Crippen molar-refractivity contribution >= 4 is 11.7 Å². The summed E-state index contributed by atoms with van der Waals surface area (Å²) in [6.45, 7) is 2.14. The lowest BCUT2D eigenvalue weighted by atomic mass is 10.3. The number of fused-ring (bicyclic) bond motifs is 1. The first-order valence-corrected chi connectivity index (χ1v) is 6.33. The molecule has 0 N–H and O–H groups in total. The number of aryl methyl sites for hydroxylation is 1. The molecule has 0 atom stereocenters. The van der Waals surface area contributed by atoms with Crippen LogP contribution in [0.25, 0.3) is 17.2 Å². The number of carbonyl (C=O) groups is 1. The molecule has 20 heavy (non-hydrogen) atoms. The molecule has 0 radical (unpaired) electrons. The van der Waals surface area contributed by atoms with Gasteiger partial charge in [0.1, 0.15) is 11.4 Å². The van der Waals surface area contributed by atoms with Crippen molar-refractivity contribution in [1.29, 1.82) is 0 Å². The van der Waals surface area contributed by atoms with Crippen LogP contribution < -0.4 is 0 Å². The van der Waals surface area contributed by atoms with Crippen LogP contribution in [0, 0.1) is 0 Å². The molecule has 3 aromatic rings. The lowest BCUT2D eigenvalue weighted by Gasteiger charge is -2.01. The van der Waals surface area contributed by atoms with Gasteiger partial charge < -0.3 is 9.30 Å². The number of aromatic nitrogens is 4. The Morgan fingerprint density at radius 3 is 2.80 bits per heavy atom. The molecule has 6 nitrogen and oxygen atoms in total. The van der Waals surface area contributed by atoms with Gasteiger partial charge in [0.15, 0.2) is 0 Å². The molecular weight excluding hydrogens is 256 g/mol. The number of hydrogen-bond acceptors (Lipinski definition) is 4. The molecule has 3 rings (SSSR count). The summed E-state index contributed by atoms with van der Waals surface area (Å²) in [5.74, 6) is 0.327. The minimum absolute atomic E-state index is 0.347. The van der Waals surface area contributed by atoms with Gasteiger partial charge in [-0.05, 0) is 19.1 Å². The van der Waals surface area contributed by atoms with Crippen LogP contribution in [-0.2, 0) is 11.8 Å². The fourth-order valence-electron chi connectivity index (χ4n) is 2.09. The largest absolute Gasteiger partial charge is 0.461 e. The van der Waals surface area contributed by atoms with Gasteiger partial charge in [0.05, 0.1) is 12.3 Å². The Morgan fingerprint density at radius 2 is 2.15 bits per heavy atom. The third-order valence-electron chi connectivity index (χ3n) is 3.05. The van der Waals surface area contributed by atoms with Crippen LogP contribution in [-0.4, -0.2) is 31.5 Å². The van der Waals surface area contributed by atoms with Crippen LogP contribution in [0.3, 0.4) is 0 Å². The average molecular weight is 270 g/mol. The van der Waals surface area contributed by atoms with Crippen molar-refractivity contribution in [1.82, 2.24) is 18.9 Å². The van der Waals surface area contributed by atoms with Gasteiger partial charge in [-0.25, -0.2) is 9.78 Å². The normalized spacial score (nSPS) is 10.9. The third-order valence-corrected chi connectivity index (χ3v) is 3.05. The van der Waals surface area contributed by atoms with Crippen molar-refractivity contribution in [3.63, 3.8) is 0 Å². The van der Waals surface area contributed by atoms with Gasteiger partial charge in [-0.1, -0.05) is 6.07 Å². The molecule has 3 heterocycles. The molecule has 0 saturated carbocycles. The second-order valence-corrected chi connectivity index (χ2v) is 4.34. The number of esters is 1. The molecule has 0 aliphatic carbocycles. The van der Waals surface area contributed by atoms with Crippen molar-refractivity contribution in [2.24, 2.45) is 7.05 Å². The smallest absolute Gasteiger partial charge is 0.356 e. The minimum atomic E-state index is -0.347. The molecule has 102 valence electrons. The number of nitrogens with zero attached hydrogens (tertiary/aromatic N) is 4. The van der Waals surface area contributed by atoms with E-state index in [1.54, 1.807) is 35.3 Å². The van der Waals surface area contributed by atoms with E-state index in [2.05, 4.69) is 9.97 Å². The fraction of sp³-hybridized carbons (Fsp3) is 0.214. The summed E-state index contributed by atoms with van der Waals surface area (Å²) in [6.07, 6.45) is 5.29. The Hall–Kier alpha value is -2.63. The van der Waals surface area contributed by atoms with Crippen LogP contribution in [0.4, 0.5) is 0 Å². The molecule has 0 aromatic carbocycles. The zero-order valence-corrected chi connectivity index (χ0v) is 11.3. The molecular formula is C14H14N4O2. The lowest BCUT2D eigenvalue weighted by molar-refractivity contribution is 0.0515. The summed E-state index contributed by atoms with van der Waals surface area (Å²) in [6, 6.07) is 5.67. The van der Waals surface area contributed by atoms with Gasteiger partial charge in [-0.2, -0.15) is 0 Å². The maximum Gasteiger partial charge on any atom is 0.356 e. The summed E-state index contributed by atoms with van der Waals surface area (Å²) >= 11 is 0. The van der Waals surface area contributed by atoms with Crippen molar-refractivity contribution in [2.45, 2.75) is 6.92 Å². The van der Waals surface area contributed by atoms with Crippen LogP contribution in [0.1, 0.15) is 17.4 Å². The first kappa shape index (κ1) is 12.4. The average Bonchev–Trinajstić information content (AvgIpc) is 3.00. The second-order valence-electron chi connectivity index (χ2n) is 4.34. The maximum absolute atomic E-state index is 11.8. The molecule has 0 aliphatic heterocycles. The van der Waals surface area contributed by atoms with E-state index in [1.165, 1.54) is 0 Å². The zero-order chi connectivity index (χ0) is 14.1. The minimum Gasteiger partial charge on any atom is -0.461 e. The highest BCUT2D eigenvalue weighted by Crippen LogP contribution is 2.18. The van der Waals surface area contributed by atoms with Gasteiger partial charge in [-0.3, -0.25) is 9.38 Å². The van der Waals surface area contributed by atoms with Crippen LogP contribution in [0.2, 0.25) is 0 Å². The Labute approximate surface area is 115 Å². The molecule has 0 aliphatic rings. The molecule has 0 unspecified atom stereocenters. The first-order chi connectivity index (χ1) is 9.70. The van der Waals surface area contributed by atoms with Gasteiger partial charge in [0, 0.05) is 25.6 Å². The molecule has 0 amide bonds. The summed E-state index contributed by atoms with van der Waals surface area (Å²) in [5.41, 5.74) is 2.04. The Kier molecular flexibility index (Phi) is 2.98. The predicted octanol–water partition coefficient (Wildman–Crippen LogP) is 1.91. The topological polar surface area (TPSA) is 61.4 Å². The Bertz CT molecular complexity index is 758.